The van der Waals surface area contributed by atoms with Gasteiger partial charge in [0.15, 0.2) is 0 Å². The average molecular weight is 404 g/mol. The molecule has 1 fully saturated rings. The Morgan fingerprint density at radius 3 is 2.85 bits per heavy atom. The van der Waals surface area contributed by atoms with Crippen LogP contribution in [0.25, 0.3) is 0 Å². The summed E-state index contributed by atoms with van der Waals surface area (Å²) in [6.07, 6.45) is 1.90. The third-order valence-electron chi connectivity index (χ3n) is 4.97. The number of nitrogens with two attached hydrogens (primary N) is 1. The normalized spacial score (nSPS) is 21.0. The second-order valence-electron chi connectivity index (χ2n) is 6.85. The standard InChI is InChI=1S/C17H25N3O4S.ClH/c1-12(18)13-3-2-6-20(9-13)17(21)8-19-25(22,23)16-5-4-14-10-24-11-15(14)7-16;/h4-5,7,12-13,19H,2-3,6,8-11,18H2,1H3;1H. The van der Waals surface area contributed by atoms with Crippen molar-refractivity contribution in [3.05, 3.63) is 29.3 Å². The van der Waals surface area contributed by atoms with E-state index in [1.165, 1.54) is 0 Å². The summed E-state index contributed by atoms with van der Waals surface area (Å²) < 4.78 is 32.6. The molecule has 1 aromatic carbocycles. The Morgan fingerprint density at radius 2 is 2.12 bits per heavy atom. The maximum absolute atomic E-state index is 12.4. The number of hydrogen-bond acceptors (Lipinski definition) is 5. The van der Waals surface area contributed by atoms with E-state index in [2.05, 4.69) is 4.72 Å². The molecule has 146 valence electrons. The van der Waals surface area contributed by atoms with Gasteiger partial charge in [-0.3, -0.25) is 4.79 Å². The minimum Gasteiger partial charge on any atom is -0.372 e. The molecule has 1 aromatic rings. The van der Waals surface area contributed by atoms with Crippen LogP contribution in [0.4, 0.5) is 0 Å². The van der Waals surface area contributed by atoms with Crippen molar-refractivity contribution in [3.8, 4) is 0 Å². The van der Waals surface area contributed by atoms with Gasteiger partial charge < -0.3 is 15.4 Å². The predicted molar refractivity (Wildman–Crippen MR) is 100 cm³/mol. The molecule has 2 unspecified atom stereocenters. The molecule has 0 aromatic heterocycles. The minimum atomic E-state index is -3.72. The predicted octanol–water partition coefficient (Wildman–Crippen LogP) is 1.00. The molecule has 1 saturated heterocycles. The Bertz CT molecular complexity index is 754. The summed E-state index contributed by atoms with van der Waals surface area (Å²) in [7, 11) is -3.72. The van der Waals surface area contributed by atoms with E-state index in [1.807, 2.05) is 6.92 Å². The van der Waals surface area contributed by atoms with E-state index in [0.717, 1.165) is 24.0 Å². The number of carbonyl (C=O) groups is 1. The Hall–Kier alpha value is -1.19. The third kappa shape index (κ3) is 4.75. The van der Waals surface area contributed by atoms with E-state index in [0.29, 0.717) is 26.3 Å². The monoisotopic (exact) mass is 403 g/mol. The summed E-state index contributed by atoms with van der Waals surface area (Å²) in [6, 6.07) is 4.95. The fourth-order valence-corrected chi connectivity index (χ4v) is 4.36. The van der Waals surface area contributed by atoms with Gasteiger partial charge in [0.25, 0.3) is 0 Å². The van der Waals surface area contributed by atoms with Gasteiger partial charge >= 0.3 is 0 Å². The average Bonchev–Trinajstić information content (AvgIpc) is 3.07. The van der Waals surface area contributed by atoms with Crippen molar-refractivity contribution in [2.45, 2.75) is 43.9 Å². The maximum Gasteiger partial charge on any atom is 0.241 e. The van der Waals surface area contributed by atoms with Crippen molar-refractivity contribution < 1.29 is 17.9 Å². The number of piperidine rings is 1. The fourth-order valence-electron chi connectivity index (χ4n) is 3.33. The lowest BCUT2D eigenvalue weighted by Crippen LogP contribution is -2.48. The fraction of sp³-hybridized carbons (Fsp3) is 0.588. The minimum absolute atomic E-state index is 0. The molecule has 2 heterocycles. The number of benzene rings is 1. The molecular formula is C17H26ClN3O4S. The van der Waals surface area contributed by atoms with E-state index in [4.69, 9.17) is 10.5 Å². The van der Waals surface area contributed by atoms with Crippen molar-refractivity contribution in [3.63, 3.8) is 0 Å². The molecule has 2 aliphatic rings. The van der Waals surface area contributed by atoms with E-state index in [1.54, 1.807) is 23.1 Å². The molecule has 0 bridgehead atoms. The highest BCUT2D eigenvalue weighted by molar-refractivity contribution is 7.89. The number of amides is 1. The Kier molecular flexibility index (Phi) is 7.04. The van der Waals surface area contributed by atoms with Crippen molar-refractivity contribution in [2.24, 2.45) is 11.7 Å². The molecule has 0 aliphatic carbocycles. The Morgan fingerprint density at radius 1 is 1.38 bits per heavy atom. The number of hydrogen-bond donors (Lipinski definition) is 2. The molecule has 3 N–H and O–H groups in total. The maximum atomic E-state index is 12.4. The molecule has 2 atom stereocenters. The summed E-state index contributed by atoms with van der Waals surface area (Å²) in [4.78, 5) is 14.2. The Balaban J connectivity index is 0.00000243. The van der Waals surface area contributed by atoms with Gasteiger partial charge in [0.05, 0.1) is 24.7 Å². The van der Waals surface area contributed by atoms with E-state index in [9.17, 15) is 13.2 Å². The zero-order valence-electron chi connectivity index (χ0n) is 14.8. The van der Waals surface area contributed by atoms with Crippen LogP contribution in [-0.2, 0) is 32.8 Å². The Labute approximate surface area is 160 Å². The van der Waals surface area contributed by atoms with Crippen LogP contribution in [-0.4, -0.2) is 44.9 Å². The van der Waals surface area contributed by atoms with Crippen LogP contribution in [0, 0.1) is 5.92 Å². The smallest absolute Gasteiger partial charge is 0.241 e. The summed E-state index contributed by atoms with van der Waals surface area (Å²) >= 11 is 0. The van der Waals surface area contributed by atoms with Crippen LogP contribution >= 0.6 is 12.4 Å². The SMILES string of the molecule is CC(N)C1CCCN(C(=O)CNS(=O)(=O)c2ccc3c(c2)COC3)C1.Cl. The molecule has 2 aliphatic heterocycles. The molecule has 0 spiro atoms. The molecule has 26 heavy (non-hydrogen) atoms. The van der Waals surface area contributed by atoms with Crippen LogP contribution in [0.1, 0.15) is 30.9 Å². The van der Waals surface area contributed by atoms with Gasteiger partial charge in [-0.2, -0.15) is 0 Å². The van der Waals surface area contributed by atoms with Crippen LogP contribution in [0.3, 0.4) is 0 Å². The first-order chi connectivity index (χ1) is 11.9. The molecule has 9 heteroatoms. The van der Waals surface area contributed by atoms with Gasteiger partial charge in [0.2, 0.25) is 15.9 Å². The second kappa shape index (κ2) is 8.67. The highest BCUT2D eigenvalue weighted by Gasteiger charge is 2.27. The molecule has 7 nitrogen and oxygen atoms in total. The van der Waals surface area contributed by atoms with Crippen molar-refractivity contribution in [2.75, 3.05) is 19.6 Å². The summed E-state index contributed by atoms with van der Waals surface area (Å²) in [5.74, 6) is 0.0597. The quantitative estimate of drug-likeness (QED) is 0.763. The first-order valence-electron chi connectivity index (χ1n) is 8.59. The number of likely N-dealkylation sites (tertiary alicyclic amines) is 1. The van der Waals surface area contributed by atoms with Gasteiger partial charge in [0.1, 0.15) is 0 Å². The highest BCUT2D eigenvalue weighted by atomic mass is 35.5. The van der Waals surface area contributed by atoms with Crippen molar-refractivity contribution in [1.82, 2.24) is 9.62 Å². The molecule has 0 radical (unpaired) electrons. The lowest BCUT2D eigenvalue weighted by molar-refractivity contribution is -0.131. The number of ether oxygens (including phenoxy) is 1. The highest BCUT2D eigenvalue weighted by Crippen LogP contribution is 2.23. The largest absolute Gasteiger partial charge is 0.372 e. The lowest BCUT2D eigenvalue weighted by atomic mass is 9.92. The summed E-state index contributed by atoms with van der Waals surface area (Å²) in [5, 5.41) is 0. The zero-order chi connectivity index (χ0) is 18.0. The number of carbonyl (C=O) groups excluding carboxylic acids is 1. The number of halogens is 1. The second-order valence-corrected chi connectivity index (χ2v) is 8.62. The third-order valence-corrected chi connectivity index (χ3v) is 6.37. The van der Waals surface area contributed by atoms with E-state index < -0.39 is 10.0 Å². The van der Waals surface area contributed by atoms with Gasteiger partial charge in [-0.25, -0.2) is 13.1 Å². The first-order valence-corrected chi connectivity index (χ1v) is 10.1. The van der Waals surface area contributed by atoms with Gasteiger partial charge in [0, 0.05) is 19.1 Å². The number of rotatable bonds is 5. The van der Waals surface area contributed by atoms with Gasteiger partial charge in [-0.05, 0) is 48.9 Å². The number of fused-ring (bicyclic) bond motifs is 1. The molecule has 3 rings (SSSR count). The van der Waals surface area contributed by atoms with Gasteiger partial charge in [-0.1, -0.05) is 6.07 Å². The van der Waals surface area contributed by atoms with Crippen molar-refractivity contribution >= 4 is 28.3 Å². The first kappa shape index (κ1) is 21.1. The zero-order valence-corrected chi connectivity index (χ0v) is 16.4. The van der Waals surface area contributed by atoms with E-state index in [-0.39, 0.29) is 41.7 Å². The number of nitrogens with one attached hydrogen (secondary N) is 1. The van der Waals surface area contributed by atoms with Crippen LogP contribution in [0.15, 0.2) is 23.1 Å². The molecule has 1 amide bonds. The van der Waals surface area contributed by atoms with Crippen molar-refractivity contribution in [1.29, 1.82) is 0 Å². The topological polar surface area (TPSA) is 102 Å². The van der Waals surface area contributed by atoms with Crippen LogP contribution < -0.4 is 10.5 Å². The summed E-state index contributed by atoms with van der Waals surface area (Å²) in [6.45, 7) is 3.89. The van der Waals surface area contributed by atoms with Gasteiger partial charge in [-0.15, -0.1) is 12.4 Å². The van der Waals surface area contributed by atoms with E-state index >= 15 is 0 Å². The van der Waals surface area contributed by atoms with Crippen LogP contribution in [0.5, 0.6) is 0 Å². The number of sulfonamides is 1. The molecular weight excluding hydrogens is 378 g/mol. The lowest BCUT2D eigenvalue weighted by Gasteiger charge is -2.34. The summed E-state index contributed by atoms with van der Waals surface area (Å²) in [5.41, 5.74) is 7.82. The van der Waals surface area contributed by atoms with Crippen LogP contribution in [0.2, 0.25) is 0 Å². The molecule has 0 saturated carbocycles. The number of nitrogens with zero attached hydrogens (tertiary/aromatic N) is 1.